The monoisotopic (exact) mass is 263 g/mol. The Kier molecular flexibility index (Phi) is 1.96. The molecule has 0 atom stereocenters. The van der Waals surface area contributed by atoms with Crippen LogP contribution in [0.25, 0.3) is 10.9 Å². The van der Waals surface area contributed by atoms with Crippen LogP contribution in [0.5, 0.6) is 0 Å². The first-order chi connectivity index (χ1) is 7.29. The number of halogens is 1. The number of rotatable bonds is 0. The lowest BCUT2D eigenvalue weighted by Gasteiger charge is -2.10. The number of hydrogen-bond donors (Lipinski definition) is 0. The van der Waals surface area contributed by atoms with Crippen LogP contribution in [0.4, 0.5) is 0 Å². The second kappa shape index (κ2) is 3.20. The van der Waals surface area contributed by atoms with Crippen LogP contribution in [0, 0.1) is 0 Å². The van der Waals surface area contributed by atoms with Gasteiger partial charge in [0.2, 0.25) is 5.43 Å². The van der Waals surface area contributed by atoms with Crippen LogP contribution in [0.15, 0.2) is 33.5 Å². The highest BCUT2D eigenvalue weighted by Gasteiger charge is 2.18. The molecular weight excluding hydrogens is 254 g/mol. The maximum absolute atomic E-state index is 12.0. The lowest BCUT2D eigenvalue weighted by atomic mass is 10.2. The Hall–Kier alpha value is -1.09. The van der Waals surface area contributed by atoms with E-state index in [2.05, 4.69) is 20.5 Å². The molecule has 1 aliphatic heterocycles. The average molecular weight is 264 g/mol. The van der Waals surface area contributed by atoms with Gasteiger partial charge in [-0.25, -0.2) is 0 Å². The van der Waals surface area contributed by atoms with Crippen molar-refractivity contribution < 1.29 is 0 Å². The maximum atomic E-state index is 12.0. The van der Waals surface area contributed by atoms with Crippen molar-refractivity contribution in [3.8, 4) is 0 Å². The topological polar surface area (TPSA) is 22.0 Å². The van der Waals surface area contributed by atoms with Crippen molar-refractivity contribution in [3.63, 3.8) is 0 Å². The van der Waals surface area contributed by atoms with Gasteiger partial charge in [-0.1, -0.05) is 12.1 Å². The number of nitrogens with zero attached hydrogens (tertiary/aromatic N) is 1. The molecule has 0 bridgehead atoms. The molecule has 1 aliphatic rings. The molecule has 0 fully saturated rings. The minimum Gasteiger partial charge on any atom is -0.343 e. The van der Waals surface area contributed by atoms with Crippen molar-refractivity contribution in [1.82, 2.24) is 4.57 Å². The third kappa shape index (κ3) is 1.19. The fourth-order valence-corrected chi connectivity index (χ4v) is 2.94. The molecule has 2 aromatic rings. The van der Waals surface area contributed by atoms with Gasteiger partial charge < -0.3 is 4.57 Å². The lowest BCUT2D eigenvalue weighted by Crippen LogP contribution is -2.11. The Labute approximate surface area is 95.7 Å². The summed E-state index contributed by atoms with van der Waals surface area (Å²) < 4.78 is 3.00. The molecule has 0 saturated carbocycles. The van der Waals surface area contributed by atoms with Gasteiger partial charge in [0.15, 0.2) is 0 Å². The molecular formula is C12H10BrNO. The Morgan fingerprint density at radius 1 is 1.27 bits per heavy atom. The number of pyridine rings is 1. The summed E-state index contributed by atoms with van der Waals surface area (Å²) in [5.41, 5.74) is 2.34. The third-order valence-corrected chi connectivity index (χ3v) is 3.83. The zero-order chi connectivity index (χ0) is 10.4. The largest absolute Gasteiger partial charge is 0.343 e. The van der Waals surface area contributed by atoms with Gasteiger partial charge in [-0.2, -0.15) is 0 Å². The minimum absolute atomic E-state index is 0.124. The van der Waals surface area contributed by atoms with Gasteiger partial charge in [-0.3, -0.25) is 4.79 Å². The summed E-state index contributed by atoms with van der Waals surface area (Å²) in [4.78, 5) is 12.0. The summed E-state index contributed by atoms with van der Waals surface area (Å²) in [5, 5.41) is 0.815. The van der Waals surface area contributed by atoms with E-state index in [4.69, 9.17) is 0 Å². The molecule has 0 saturated heterocycles. The minimum atomic E-state index is 0.124. The van der Waals surface area contributed by atoms with E-state index in [1.165, 1.54) is 0 Å². The fraction of sp³-hybridized carbons (Fsp3) is 0.250. The van der Waals surface area contributed by atoms with Crippen LogP contribution in [-0.4, -0.2) is 4.57 Å². The van der Waals surface area contributed by atoms with Gasteiger partial charge in [-0.15, -0.1) is 0 Å². The number of para-hydroxylation sites is 1. The predicted octanol–water partition coefficient (Wildman–Crippen LogP) is 2.71. The van der Waals surface area contributed by atoms with Gasteiger partial charge in [0.05, 0.1) is 9.99 Å². The average Bonchev–Trinajstić information content (AvgIpc) is 2.75. The van der Waals surface area contributed by atoms with E-state index in [9.17, 15) is 4.79 Å². The van der Waals surface area contributed by atoms with E-state index in [1.807, 2.05) is 24.3 Å². The first-order valence-electron chi connectivity index (χ1n) is 5.09. The Bertz CT molecular complexity index is 600. The maximum Gasteiger partial charge on any atom is 0.203 e. The van der Waals surface area contributed by atoms with Crippen molar-refractivity contribution in [2.75, 3.05) is 0 Å². The van der Waals surface area contributed by atoms with E-state index in [1.54, 1.807) is 0 Å². The number of benzene rings is 1. The molecule has 2 nitrogen and oxygen atoms in total. The van der Waals surface area contributed by atoms with Crippen LogP contribution < -0.4 is 5.43 Å². The smallest absolute Gasteiger partial charge is 0.203 e. The van der Waals surface area contributed by atoms with Crippen molar-refractivity contribution >= 4 is 26.8 Å². The molecule has 0 radical (unpaired) electrons. The van der Waals surface area contributed by atoms with E-state index < -0.39 is 0 Å². The normalized spacial score (nSPS) is 14.5. The van der Waals surface area contributed by atoms with Crippen LogP contribution >= 0.6 is 15.9 Å². The summed E-state index contributed by atoms with van der Waals surface area (Å²) in [7, 11) is 0. The highest BCUT2D eigenvalue weighted by Crippen LogP contribution is 2.25. The summed E-state index contributed by atoms with van der Waals surface area (Å²) in [6.45, 7) is 1.02. The van der Waals surface area contributed by atoms with Crippen molar-refractivity contribution in [2.24, 2.45) is 0 Å². The summed E-state index contributed by atoms with van der Waals surface area (Å²) >= 11 is 3.42. The highest BCUT2D eigenvalue weighted by atomic mass is 79.9. The first kappa shape index (κ1) is 9.16. The number of fused-ring (bicyclic) bond motifs is 3. The zero-order valence-corrected chi connectivity index (χ0v) is 9.75. The summed E-state index contributed by atoms with van der Waals surface area (Å²) in [6, 6.07) is 7.82. The van der Waals surface area contributed by atoms with Gasteiger partial charge in [-0.05, 0) is 40.9 Å². The molecule has 0 amide bonds. The predicted molar refractivity (Wildman–Crippen MR) is 64.2 cm³/mol. The molecule has 0 aliphatic carbocycles. The van der Waals surface area contributed by atoms with Crippen LogP contribution in [0.2, 0.25) is 0 Å². The van der Waals surface area contributed by atoms with Gasteiger partial charge in [0.25, 0.3) is 0 Å². The van der Waals surface area contributed by atoms with Gasteiger partial charge in [0.1, 0.15) is 0 Å². The van der Waals surface area contributed by atoms with E-state index >= 15 is 0 Å². The fourth-order valence-electron chi connectivity index (χ4n) is 2.32. The second-order valence-corrected chi connectivity index (χ2v) is 4.66. The Balaban J connectivity index is 2.58. The number of hydrogen-bond acceptors (Lipinski definition) is 1. The molecule has 76 valence electrons. The van der Waals surface area contributed by atoms with Gasteiger partial charge in [0, 0.05) is 17.6 Å². The van der Waals surface area contributed by atoms with E-state index in [-0.39, 0.29) is 5.43 Å². The van der Waals surface area contributed by atoms with Crippen molar-refractivity contribution in [1.29, 1.82) is 0 Å². The Morgan fingerprint density at radius 2 is 2.07 bits per heavy atom. The third-order valence-electron chi connectivity index (χ3n) is 3.01. The second-order valence-electron chi connectivity index (χ2n) is 3.86. The van der Waals surface area contributed by atoms with Crippen LogP contribution in [-0.2, 0) is 13.0 Å². The summed E-state index contributed by atoms with van der Waals surface area (Å²) in [5.74, 6) is 0. The molecule has 1 aromatic heterocycles. The lowest BCUT2D eigenvalue weighted by molar-refractivity contribution is 0.768. The van der Waals surface area contributed by atoms with Crippen molar-refractivity contribution in [3.05, 3.63) is 44.7 Å². The standard InChI is InChI=1S/C12H10BrNO/c13-11-10-6-3-7-14(10)9-5-2-1-4-8(9)12(11)15/h1-2,4-5H,3,6-7H2. The number of aryl methyl sites for hydroxylation is 1. The summed E-state index contributed by atoms with van der Waals surface area (Å²) in [6.07, 6.45) is 2.13. The molecule has 1 aromatic carbocycles. The van der Waals surface area contributed by atoms with E-state index in [0.29, 0.717) is 0 Å². The Morgan fingerprint density at radius 3 is 2.93 bits per heavy atom. The molecule has 0 spiro atoms. The van der Waals surface area contributed by atoms with Crippen LogP contribution in [0.3, 0.4) is 0 Å². The van der Waals surface area contributed by atoms with E-state index in [0.717, 1.165) is 40.5 Å². The first-order valence-corrected chi connectivity index (χ1v) is 5.88. The molecule has 3 rings (SSSR count). The van der Waals surface area contributed by atoms with Crippen molar-refractivity contribution in [2.45, 2.75) is 19.4 Å². The molecule has 2 heterocycles. The quantitative estimate of drug-likeness (QED) is 0.717. The SMILES string of the molecule is O=c1c(Br)c2n(c3ccccc13)CCC2. The molecule has 3 heteroatoms. The van der Waals surface area contributed by atoms with Gasteiger partial charge >= 0.3 is 0 Å². The highest BCUT2D eigenvalue weighted by molar-refractivity contribution is 9.10. The molecule has 15 heavy (non-hydrogen) atoms. The van der Waals surface area contributed by atoms with Crippen LogP contribution in [0.1, 0.15) is 12.1 Å². The zero-order valence-electron chi connectivity index (χ0n) is 8.16. The molecule has 0 N–H and O–H groups in total. The number of aromatic nitrogens is 1. The molecule has 0 unspecified atom stereocenters.